The van der Waals surface area contributed by atoms with Crippen LogP contribution in [0.25, 0.3) is 0 Å². The highest BCUT2D eigenvalue weighted by Crippen LogP contribution is 2.31. The number of nitrogens with two attached hydrogens (primary N) is 1. The Balaban J connectivity index is 1.31. The number of nitrogens with one attached hydrogen (secondary N) is 1. The van der Waals surface area contributed by atoms with E-state index in [1.54, 1.807) is 6.07 Å². The van der Waals surface area contributed by atoms with Gasteiger partial charge in [-0.1, -0.05) is 6.07 Å². The zero-order valence-corrected chi connectivity index (χ0v) is 18.5. The fourth-order valence-corrected chi connectivity index (χ4v) is 5.48. The molecule has 1 saturated carbocycles. The van der Waals surface area contributed by atoms with Crippen LogP contribution in [0.15, 0.2) is 18.2 Å². The number of rotatable bonds is 5. The van der Waals surface area contributed by atoms with E-state index in [0.717, 1.165) is 51.2 Å². The predicted molar refractivity (Wildman–Crippen MR) is 119 cm³/mol. The highest BCUT2D eigenvalue weighted by atomic mass is 19.1. The molecular weight excluding hydrogens is 395 g/mol. The number of amides is 2. The van der Waals surface area contributed by atoms with Gasteiger partial charge in [-0.05, 0) is 75.6 Å². The van der Waals surface area contributed by atoms with Crippen LogP contribution in [-0.4, -0.2) is 55.5 Å². The van der Waals surface area contributed by atoms with Gasteiger partial charge < -0.3 is 15.5 Å². The second kappa shape index (κ2) is 9.65. The molecule has 1 aromatic carbocycles. The summed E-state index contributed by atoms with van der Waals surface area (Å²) in [5.41, 5.74) is 7.29. The third-order valence-corrected chi connectivity index (χ3v) is 7.48. The minimum absolute atomic E-state index is 0.252. The average Bonchev–Trinajstić information content (AvgIpc) is 2.75. The fourth-order valence-electron chi connectivity index (χ4n) is 5.48. The molecule has 7 heteroatoms. The summed E-state index contributed by atoms with van der Waals surface area (Å²) in [6.45, 7) is 2.80. The van der Waals surface area contributed by atoms with Crippen LogP contribution in [0.4, 0.5) is 10.1 Å². The first-order valence-corrected chi connectivity index (χ1v) is 11.7. The number of nitrogens with zero attached hydrogens (tertiary/aromatic N) is 2. The highest BCUT2D eigenvalue weighted by molar-refractivity contribution is 6.00. The van der Waals surface area contributed by atoms with Crippen LogP contribution in [0.1, 0.15) is 62.8 Å². The van der Waals surface area contributed by atoms with Crippen LogP contribution >= 0.6 is 0 Å². The Hall–Kier alpha value is -1.99. The van der Waals surface area contributed by atoms with E-state index >= 15 is 0 Å². The third kappa shape index (κ3) is 5.26. The highest BCUT2D eigenvalue weighted by Gasteiger charge is 2.30. The van der Waals surface area contributed by atoms with Crippen molar-refractivity contribution < 1.29 is 14.0 Å². The maximum atomic E-state index is 14.9. The maximum absolute atomic E-state index is 14.9. The van der Waals surface area contributed by atoms with E-state index in [1.165, 1.54) is 18.9 Å². The van der Waals surface area contributed by atoms with E-state index in [-0.39, 0.29) is 17.6 Å². The molecule has 6 nitrogen and oxygen atoms in total. The monoisotopic (exact) mass is 430 g/mol. The van der Waals surface area contributed by atoms with Crippen molar-refractivity contribution in [2.75, 3.05) is 31.6 Å². The zero-order chi connectivity index (χ0) is 22.0. The Morgan fingerprint density at radius 1 is 1.10 bits per heavy atom. The number of hydrogen-bond donors (Lipinski definition) is 2. The summed E-state index contributed by atoms with van der Waals surface area (Å²) >= 11 is 0. The number of carbonyl (C=O) groups is 2. The Kier molecular flexibility index (Phi) is 6.92. The number of benzene rings is 1. The number of piperidine rings is 2. The van der Waals surface area contributed by atoms with E-state index in [9.17, 15) is 14.0 Å². The van der Waals surface area contributed by atoms with Gasteiger partial charge in [0, 0.05) is 38.1 Å². The molecule has 1 aliphatic carbocycles. The SMILES string of the molecule is CN(CC1CCC(N)CC1)C1CCN(c2ccc(C3CCC(=O)NC3=O)cc2F)CC1. The molecule has 0 bridgehead atoms. The summed E-state index contributed by atoms with van der Waals surface area (Å²) in [4.78, 5) is 28.1. The molecule has 31 heavy (non-hydrogen) atoms. The first-order chi connectivity index (χ1) is 14.9. The largest absolute Gasteiger partial charge is 0.369 e. The van der Waals surface area contributed by atoms with Crippen LogP contribution in [0.3, 0.4) is 0 Å². The molecule has 1 atom stereocenters. The Morgan fingerprint density at radius 3 is 2.45 bits per heavy atom. The van der Waals surface area contributed by atoms with Crippen LogP contribution in [0, 0.1) is 11.7 Å². The van der Waals surface area contributed by atoms with Gasteiger partial charge in [0.25, 0.3) is 0 Å². The number of anilines is 1. The first-order valence-electron chi connectivity index (χ1n) is 11.7. The van der Waals surface area contributed by atoms with Gasteiger partial charge in [-0.3, -0.25) is 14.9 Å². The topological polar surface area (TPSA) is 78.7 Å². The molecule has 1 aromatic rings. The summed E-state index contributed by atoms with van der Waals surface area (Å²) in [5.74, 6) is -0.562. The van der Waals surface area contributed by atoms with E-state index in [4.69, 9.17) is 5.73 Å². The normalized spacial score (nSPS) is 28.1. The molecule has 4 rings (SSSR count). The van der Waals surface area contributed by atoms with Crippen LogP contribution < -0.4 is 16.0 Å². The quantitative estimate of drug-likeness (QED) is 0.703. The van der Waals surface area contributed by atoms with Crippen molar-refractivity contribution in [2.24, 2.45) is 11.7 Å². The molecule has 0 radical (unpaired) electrons. The lowest BCUT2D eigenvalue weighted by atomic mass is 9.85. The van der Waals surface area contributed by atoms with Crippen molar-refractivity contribution in [1.29, 1.82) is 0 Å². The molecule has 3 N–H and O–H groups in total. The molecule has 170 valence electrons. The molecule has 1 unspecified atom stereocenters. The predicted octanol–water partition coefficient (Wildman–Crippen LogP) is 2.76. The van der Waals surface area contributed by atoms with Gasteiger partial charge in [0.1, 0.15) is 5.82 Å². The minimum atomic E-state index is -0.449. The Bertz CT molecular complexity index is 801. The van der Waals surface area contributed by atoms with Gasteiger partial charge in [0.2, 0.25) is 11.8 Å². The Morgan fingerprint density at radius 2 is 1.81 bits per heavy atom. The van der Waals surface area contributed by atoms with E-state index in [1.807, 2.05) is 6.07 Å². The molecule has 2 amide bonds. The molecule has 3 aliphatic rings. The van der Waals surface area contributed by atoms with E-state index in [0.29, 0.717) is 36.2 Å². The lowest BCUT2D eigenvalue weighted by molar-refractivity contribution is -0.134. The standard InChI is InChI=1S/C24H35FN4O2/c1-28(15-16-2-5-18(26)6-3-16)19-10-12-29(13-11-19)22-8-4-17(14-21(22)25)20-7-9-23(30)27-24(20)31/h4,8,14,16,18-20H,2-3,5-7,9-13,15,26H2,1H3,(H,27,30,31). The summed E-state index contributed by atoms with van der Waals surface area (Å²) < 4.78 is 14.9. The van der Waals surface area contributed by atoms with Crippen molar-refractivity contribution >= 4 is 17.5 Å². The number of carbonyl (C=O) groups excluding carboxylic acids is 2. The summed E-state index contributed by atoms with van der Waals surface area (Å²) in [6.07, 6.45) is 7.54. The number of halogens is 1. The first kappa shape index (κ1) is 22.2. The van der Waals surface area contributed by atoms with Crippen molar-refractivity contribution in [3.05, 3.63) is 29.6 Å². The zero-order valence-electron chi connectivity index (χ0n) is 18.5. The van der Waals surface area contributed by atoms with Crippen molar-refractivity contribution in [3.63, 3.8) is 0 Å². The van der Waals surface area contributed by atoms with Crippen molar-refractivity contribution in [1.82, 2.24) is 10.2 Å². The van der Waals surface area contributed by atoms with Gasteiger partial charge in [0.05, 0.1) is 11.6 Å². The van der Waals surface area contributed by atoms with Crippen molar-refractivity contribution in [2.45, 2.75) is 69.4 Å². The third-order valence-electron chi connectivity index (χ3n) is 7.48. The molecule has 3 fully saturated rings. The smallest absolute Gasteiger partial charge is 0.234 e. The van der Waals surface area contributed by atoms with Crippen LogP contribution in [0.2, 0.25) is 0 Å². The summed E-state index contributed by atoms with van der Waals surface area (Å²) in [5, 5.41) is 2.35. The minimum Gasteiger partial charge on any atom is -0.369 e. The maximum Gasteiger partial charge on any atom is 0.234 e. The lowest BCUT2D eigenvalue weighted by Gasteiger charge is -2.40. The number of hydrogen-bond acceptors (Lipinski definition) is 5. The molecule has 2 aliphatic heterocycles. The molecular formula is C24H35FN4O2. The summed E-state index contributed by atoms with van der Waals surface area (Å²) in [7, 11) is 2.23. The van der Waals surface area contributed by atoms with Crippen LogP contribution in [-0.2, 0) is 9.59 Å². The average molecular weight is 431 g/mol. The van der Waals surface area contributed by atoms with Crippen molar-refractivity contribution in [3.8, 4) is 0 Å². The molecule has 0 aromatic heterocycles. The number of imide groups is 1. The lowest BCUT2D eigenvalue weighted by Crippen LogP contribution is -2.45. The molecule has 2 saturated heterocycles. The van der Waals surface area contributed by atoms with Gasteiger partial charge in [-0.25, -0.2) is 4.39 Å². The van der Waals surface area contributed by atoms with Crippen LogP contribution in [0.5, 0.6) is 0 Å². The molecule has 0 spiro atoms. The fraction of sp³-hybridized carbons (Fsp3) is 0.667. The second-order valence-corrected chi connectivity index (χ2v) is 9.65. The van der Waals surface area contributed by atoms with E-state index < -0.39 is 5.92 Å². The Labute approximate surface area is 184 Å². The van der Waals surface area contributed by atoms with E-state index in [2.05, 4.69) is 22.2 Å². The van der Waals surface area contributed by atoms with Gasteiger partial charge >= 0.3 is 0 Å². The molecule has 2 heterocycles. The van der Waals surface area contributed by atoms with Gasteiger partial charge in [-0.15, -0.1) is 0 Å². The van der Waals surface area contributed by atoms with Gasteiger partial charge in [0.15, 0.2) is 0 Å². The van der Waals surface area contributed by atoms with Gasteiger partial charge in [-0.2, -0.15) is 0 Å². The summed E-state index contributed by atoms with van der Waals surface area (Å²) in [6, 6.07) is 6.04. The second-order valence-electron chi connectivity index (χ2n) is 9.65.